The summed E-state index contributed by atoms with van der Waals surface area (Å²) in [5, 5.41) is 13.7. The zero-order chi connectivity index (χ0) is 14.7. The number of nitrogens with one attached hydrogen (secondary N) is 1. The van der Waals surface area contributed by atoms with E-state index in [0.29, 0.717) is 4.47 Å². The predicted octanol–water partition coefficient (Wildman–Crippen LogP) is 2.46. The molecular formula is C13H16BrN3O3. The van der Waals surface area contributed by atoms with E-state index in [4.69, 9.17) is 0 Å². The number of piperidine rings is 1. The lowest BCUT2D eigenvalue weighted by Crippen LogP contribution is -2.47. The van der Waals surface area contributed by atoms with Gasteiger partial charge < -0.3 is 10.2 Å². The number of hydrogen-bond donors (Lipinski definition) is 1. The van der Waals surface area contributed by atoms with Crippen molar-refractivity contribution in [3.63, 3.8) is 0 Å². The number of carbonyl (C=O) groups is 1. The fourth-order valence-electron chi connectivity index (χ4n) is 2.47. The highest BCUT2D eigenvalue weighted by molar-refractivity contribution is 9.10. The second-order valence-corrected chi connectivity index (χ2v) is 5.73. The molecular weight excluding hydrogens is 326 g/mol. The number of nitrogens with zero attached hydrogens (tertiary/aromatic N) is 2. The molecule has 1 heterocycles. The van der Waals surface area contributed by atoms with Gasteiger partial charge in [0.1, 0.15) is 0 Å². The summed E-state index contributed by atoms with van der Waals surface area (Å²) in [6.07, 6.45) is 1.94. The van der Waals surface area contributed by atoms with Crippen LogP contribution in [0.15, 0.2) is 22.7 Å². The maximum atomic E-state index is 11.1. The van der Waals surface area contributed by atoms with Gasteiger partial charge in [-0.1, -0.05) is 0 Å². The smallest absolute Gasteiger partial charge is 0.270 e. The summed E-state index contributed by atoms with van der Waals surface area (Å²) in [5.41, 5.74) is 0.988. The molecule has 1 aromatic carbocycles. The van der Waals surface area contributed by atoms with Crippen LogP contribution in [0.5, 0.6) is 0 Å². The normalized spacial score (nSPS) is 18.7. The summed E-state index contributed by atoms with van der Waals surface area (Å²) in [4.78, 5) is 23.6. The molecule has 1 saturated heterocycles. The monoisotopic (exact) mass is 341 g/mol. The Balaban J connectivity index is 2.14. The lowest BCUT2D eigenvalue weighted by Gasteiger charge is -2.35. The van der Waals surface area contributed by atoms with Crippen LogP contribution >= 0.6 is 15.9 Å². The minimum Gasteiger partial charge on any atom is -0.369 e. The molecule has 1 amide bonds. The van der Waals surface area contributed by atoms with Crippen molar-refractivity contribution in [1.82, 2.24) is 5.32 Å². The third kappa shape index (κ3) is 3.47. The Morgan fingerprint density at radius 3 is 2.90 bits per heavy atom. The fourth-order valence-corrected chi connectivity index (χ4v) is 3.08. The molecule has 0 radical (unpaired) electrons. The van der Waals surface area contributed by atoms with Crippen LogP contribution in [-0.2, 0) is 4.79 Å². The van der Waals surface area contributed by atoms with E-state index < -0.39 is 4.92 Å². The van der Waals surface area contributed by atoms with Crippen LogP contribution in [0.25, 0.3) is 0 Å². The molecule has 1 aliphatic heterocycles. The first-order valence-electron chi connectivity index (χ1n) is 6.43. The SMILES string of the molecule is CC(=O)N[C@H]1CCCN(c2ccc([N+](=O)[O-])cc2Br)C1. The van der Waals surface area contributed by atoms with Crippen molar-refractivity contribution in [1.29, 1.82) is 0 Å². The van der Waals surface area contributed by atoms with E-state index in [-0.39, 0.29) is 17.6 Å². The van der Waals surface area contributed by atoms with Crippen LogP contribution in [0.1, 0.15) is 19.8 Å². The van der Waals surface area contributed by atoms with Crippen molar-refractivity contribution in [2.75, 3.05) is 18.0 Å². The number of benzene rings is 1. The lowest BCUT2D eigenvalue weighted by atomic mass is 10.0. The standard InChI is InChI=1S/C13H16BrN3O3/c1-9(18)15-10-3-2-6-16(8-10)13-5-4-11(17(19)20)7-12(13)14/h4-5,7,10H,2-3,6,8H2,1H3,(H,15,18)/t10-/m0/s1. The molecule has 7 heteroatoms. The summed E-state index contributed by atoms with van der Waals surface area (Å²) in [6, 6.07) is 4.89. The van der Waals surface area contributed by atoms with Crippen molar-refractivity contribution in [2.24, 2.45) is 0 Å². The minimum absolute atomic E-state index is 0.0281. The topological polar surface area (TPSA) is 75.5 Å². The summed E-state index contributed by atoms with van der Waals surface area (Å²) in [7, 11) is 0. The van der Waals surface area contributed by atoms with Gasteiger partial charge in [-0.05, 0) is 34.8 Å². The molecule has 0 bridgehead atoms. The van der Waals surface area contributed by atoms with E-state index in [2.05, 4.69) is 26.1 Å². The van der Waals surface area contributed by atoms with Gasteiger partial charge in [-0.2, -0.15) is 0 Å². The van der Waals surface area contributed by atoms with Gasteiger partial charge in [0.2, 0.25) is 5.91 Å². The summed E-state index contributed by atoms with van der Waals surface area (Å²) in [5.74, 6) is -0.0281. The Morgan fingerprint density at radius 2 is 2.30 bits per heavy atom. The largest absolute Gasteiger partial charge is 0.369 e. The number of amides is 1. The van der Waals surface area contributed by atoms with Crippen LogP contribution in [0, 0.1) is 10.1 Å². The molecule has 0 spiro atoms. The van der Waals surface area contributed by atoms with Crippen LogP contribution < -0.4 is 10.2 Å². The molecule has 1 atom stereocenters. The minimum atomic E-state index is -0.412. The van der Waals surface area contributed by atoms with Crippen molar-refractivity contribution >= 4 is 33.2 Å². The first kappa shape index (κ1) is 14.8. The van der Waals surface area contributed by atoms with Crippen molar-refractivity contribution in [2.45, 2.75) is 25.8 Å². The average molecular weight is 342 g/mol. The number of rotatable bonds is 3. The molecule has 20 heavy (non-hydrogen) atoms. The number of carbonyl (C=O) groups excluding carboxylic acids is 1. The molecule has 1 aliphatic rings. The van der Waals surface area contributed by atoms with Crippen LogP contribution in [0.4, 0.5) is 11.4 Å². The Labute approximate surface area is 125 Å². The molecule has 0 saturated carbocycles. The maximum Gasteiger partial charge on any atom is 0.270 e. The number of non-ortho nitro benzene ring substituents is 1. The third-order valence-electron chi connectivity index (χ3n) is 3.31. The zero-order valence-corrected chi connectivity index (χ0v) is 12.7. The van der Waals surface area contributed by atoms with E-state index in [1.165, 1.54) is 19.1 Å². The van der Waals surface area contributed by atoms with Gasteiger partial charge in [-0.25, -0.2) is 0 Å². The molecule has 1 aromatic rings. The highest BCUT2D eigenvalue weighted by Gasteiger charge is 2.22. The predicted molar refractivity (Wildman–Crippen MR) is 79.8 cm³/mol. The first-order chi connectivity index (χ1) is 9.47. The summed E-state index contributed by atoms with van der Waals surface area (Å²) < 4.78 is 0.704. The van der Waals surface area contributed by atoms with Crippen molar-refractivity contribution < 1.29 is 9.72 Å². The van der Waals surface area contributed by atoms with Gasteiger partial charge in [-0.15, -0.1) is 0 Å². The molecule has 108 valence electrons. The third-order valence-corrected chi connectivity index (χ3v) is 3.95. The van der Waals surface area contributed by atoms with E-state index in [1.807, 2.05) is 0 Å². The van der Waals surface area contributed by atoms with Gasteiger partial charge in [0.15, 0.2) is 0 Å². The second kappa shape index (κ2) is 6.21. The summed E-state index contributed by atoms with van der Waals surface area (Å²) >= 11 is 3.39. The molecule has 0 aromatic heterocycles. The average Bonchev–Trinajstić information content (AvgIpc) is 2.38. The zero-order valence-electron chi connectivity index (χ0n) is 11.1. The van der Waals surface area contributed by atoms with Gasteiger partial charge in [0.25, 0.3) is 5.69 Å². The quantitative estimate of drug-likeness (QED) is 0.676. The highest BCUT2D eigenvalue weighted by Crippen LogP contribution is 2.31. The Hall–Kier alpha value is -1.63. The van der Waals surface area contributed by atoms with Crippen LogP contribution in [0.3, 0.4) is 0 Å². The Kier molecular flexibility index (Phi) is 4.59. The Bertz CT molecular complexity index is 536. The second-order valence-electron chi connectivity index (χ2n) is 4.88. The van der Waals surface area contributed by atoms with E-state index >= 15 is 0 Å². The number of nitro benzene ring substituents is 1. The van der Waals surface area contributed by atoms with Gasteiger partial charge in [-0.3, -0.25) is 14.9 Å². The molecule has 6 nitrogen and oxygen atoms in total. The molecule has 2 rings (SSSR count). The van der Waals surface area contributed by atoms with Crippen molar-refractivity contribution in [3.05, 3.63) is 32.8 Å². The van der Waals surface area contributed by atoms with Gasteiger partial charge >= 0.3 is 0 Å². The highest BCUT2D eigenvalue weighted by atomic mass is 79.9. The number of nitro groups is 1. The molecule has 1 fully saturated rings. The lowest BCUT2D eigenvalue weighted by molar-refractivity contribution is -0.384. The van der Waals surface area contributed by atoms with E-state index in [1.54, 1.807) is 6.07 Å². The molecule has 0 unspecified atom stereocenters. The number of anilines is 1. The van der Waals surface area contributed by atoms with E-state index in [9.17, 15) is 14.9 Å². The summed E-state index contributed by atoms with van der Waals surface area (Å²) in [6.45, 7) is 3.11. The number of hydrogen-bond acceptors (Lipinski definition) is 4. The van der Waals surface area contributed by atoms with E-state index in [0.717, 1.165) is 31.6 Å². The fraction of sp³-hybridized carbons (Fsp3) is 0.462. The maximum absolute atomic E-state index is 11.1. The molecule has 1 N–H and O–H groups in total. The number of halogens is 1. The molecule has 0 aliphatic carbocycles. The van der Waals surface area contributed by atoms with Crippen LogP contribution in [-0.4, -0.2) is 30.0 Å². The van der Waals surface area contributed by atoms with Gasteiger partial charge in [0.05, 0.1) is 10.6 Å². The van der Waals surface area contributed by atoms with Gasteiger partial charge in [0, 0.05) is 42.7 Å². The first-order valence-corrected chi connectivity index (χ1v) is 7.22. The van der Waals surface area contributed by atoms with Crippen LogP contribution in [0.2, 0.25) is 0 Å². The van der Waals surface area contributed by atoms with Crippen molar-refractivity contribution in [3.8, 4) is 0 Å². The Morgan fingerprint density at radius 1 is 1.55 bits per heavy atom.